The van der Waals surface area contributed by atoms with Crippen LogP contribution in [-0.4, -0.2) is 26.2 Å². The van der Waals surface area contributed by atoms with E-state index in [1.807, 2.05) is 0 Å². The van der Waals surface area contributed by atoms with Gasteiger partial charge >= 0.3 is 11.9 Å². The maximum atomic E-state index is 12.5. The van der Waals surface area contributed by atoms with Gasteiger partial charge in [-0.15, -0.1) is 0 Å². The number of hydrogen-bond acceptors (Lipinski definition) is 4. The fourth-order valence-corrected chi connectivity index (χ4v) is 8.84. The van der Waals surface area contributed by atoms with Crippen LogP contribution in [0.3, 0.4) is 0 Å². The lowest BCUT2D eigenvalue weighted by atomic mass is 9.45. The molecule has 4 nitrogen and oxygen atoms in total. The zero-order valence-electron chi connectivity index (χ0n) is 22.5. The molecule has 0 N–H and O–H groups in total. The first kappa shape index (κ1) is 26.5. The molecule has 0 aromatic carbocycles. The van der Waals surface area contributed by atoms with E-state index in [1.165, 1.54) is 65.6 Å². The average molecular weight is 463 g/mol. The SMILES string of the molecule is COC(=O)CC1CCC2C(CCC3(C)C(C(C)CCCC(C)C)CCC23)C1(C)CC(=O)OC. The largest absolute Gasteiger partial charge is 0.469 e. The maximum absolute atomic E-state index is 12.5. The molecule has 0 radical (unpaired) electrons. The van der Waals surface area contributed by atoms with E-state index in [1.54, 1.807) is 0 Å². The Bertz CT molecular complexity index is 687. The minimum absolute atomic E-state index is 0.135. The van der Waals surface area contributed by atoms with E-state index < -0.39 is 0 Å². The van der Waals surface area contributed by atoms with Crippen molar-refractivity contribution in [1.29, 1.82) is 0 Å². The fourth-order valence-electron chi connectivity index (χ4n) is 8.84. The lowest BCUT2D eigenvalue weighted by Crippen LogP contribution is -2.53. The maximum Gasteiger partial charge on any atom is 0.306 e. The van der Waals surface area contributed by atoms with Crippen molar-refractivity contribution in [2.45, 2.75) is 105 Å². The first-order valence-electron chi connectivity index (χ1n) is 13.7. The van der Waals surface area contributed by atoms with Crippen LogP contribution in [0.2, 0.25) is 0 Å². The molecule has 0 aromatic rings. The van der Waals surface area contributed by atoms with E-state index >= 15 is 0 Å². The summed E-state index contributed by atoms with van der Waals surface area (Å²) in [5.41, 5.74) is 0.242. The van der Waals surface area contributed by atoms with Crippen LogP contribution in [0.15, 0.2) is 0 Å². The molecular formula is C29H50O4. The van der Waals surface area contributed by atoms with Crippen molar-refractivity contribution in [1.82, 2.24) is 0 Å². The minimum atomic E-state index is -0.188. The number of methoxy groups -OCH3 is 2. The molecule has 3 aliphatic rings. The summed E-state index contributed by atoms with van der Waals surface area (Å²) >= 11 is 0. The second-order valence-corrected chi connectivity index (χ2v) is 12.7. The summed E-state index contributed by atoms with van der Waals surface area (Å²) in [6.45, 7) is 12.1. The van der Waals surface area contributed by atoms with Crippen LogP contribution in [0.4, 0.5) is 0 Å². The van der Waals surface area contributed by atoms with Gasteiger partial charge in [0.15, 0.2) is 0 Å². The molecule has 33 heavy (non-hydrogen) atoms. The van der Waals surface area contributed by atoms with Crippen LogP contribution in [-0.2, 0) is 19.1 Å². The predicted molar refractivity (Wildman–Crippen MR) is 132 cm³/mol. The molecule has 3 saturated carbocycles. The van der Waals surface area contributed by atoms with E-state index in [9.17, 15) is 9.59 Å². The summed E-state index contributed by atoms with van der Waals surface area (Å²) in [6, 6.07) is 0. The Morgan fingerprint density at radius 3 is 2.21 bits per heavy atom. The van der Waals surface area contributed by atoms with Crippen LogP contribution < -0.4 is 0 Å². The van der Waals surface area contributed by atoms with E-state index in [4.69, 9.17) is 9.47 Å². The van der Waals surface area contributed by atoms with Gasteiger partial charge < -0.3 is 9.47 Å². The van der Waals surface area contributed by atoms with Gasteiger partial charge in [0.25, 0.3) is 0 Å². The summed E-state index contributed by atoms with van der Waals surface area (Å²) in [7, 11) is 2.96. The molecule has 3 rings (SSSR count). The number of ether oxygens (including phenoxy) is 2. The Morgan fingerprint density at radius 2 is 1.58 bits per heavy atom. The summed E-state index contributed by atoms with van der Waals surface area (Å²) in [4.78, 5) is 24.7. The van der Waals surface area contributed by atoms with Crippen molar-refractivity contribution < 1.29 is 19.1 Å². The van der Waals surface area contributed by atoms with Gasteiger partial charge in [-0.05, 0) is 90.8 Å². The third-order valence-electron chi connectivity index (χ3n) is 10.7. The highest BCUT2D eigenvalue weighted by Gasteiger charge is 2.60. The lowest BCUT2D eigenvalue weighted by Gasteiger charge is -2.59. The highest BCUT2D eigenvalue weighted by atomic mass is 16.5. The highest BCUT2D eigenvalue weighted by molar-refractivity contribution is 5.71. The standard InChI is InChI=1S/C29H50O4/c1-19(2)9-8-10-20(3)23-13-14-24-22-12-11-21(17-26(30)32-6)29(5,18-27(31)33-7)25(22)15-16-28(23,24)4/h19-25H,8-18H2,1-7H3. The van der Waals surface area contributed by atoms with Crippen molar-refractivity contribution in [3.8, 4) is 0 Å². The van der Waals surface area contributed by atoms with Crippen LogP contribution >= 0.6 is 0 Å². The van der Waals surface area contributed by atoms with Gasteiger partial charge in [-0.25, -0.2) is 0 Å². The summed E-state index contributed by atoms with van der Waals surface area (Å²) in [5, 5.41) is 0. The second kappa shape index (κ2) is 10.7. The molecule has 3 aliphatic carbocycles. The molecule has 0 aliphatic heterocycles. The molecule has 4 heteroatoms. The normalized spacial score (nSPS) is 39.0. The number of esters is 2. The third-order valence-corrected chi connectivity index (χ3v) is 10.7. The number of carbonyl (C=O) groups is 2. The topological polar surface area (TPSA) is 52.6 Å². The molecular weight excluding hydrogens is 412 g/mol. The van der Waals surface area contributed by atoms with E-state index in [0.717, 1.165) is 30.1 Å². The van der Waals surface area contributed by atoms with Crippen molar-refractivity contribution in [3.05, 3.63) is 0 Å². The summed E-state index contributed by atoms with van der Waals surface area (Å²) in [5.74, 6) is 4.26. The Balaban J connectivity index is 1.79. The molecule has 0 heterocycles. The lowest BCUT2D eigenvalue weighted by molar-refractivity contribution is -0.159. The van der Waals surface area contributed by atoms with Gasteiger partial charge in [0.1, 0.15) is 0 Å². The van der Waals surface area contributed by atoms with Gasteiger partial charge in [-0.2, -0.15) is 0 Å². The van der Waals surface area contributed by atoms with Gasteiger partial charge in [-0.1, -0.05) is 53.9 Å². The predicted octanol–water partition coefficient (Wildman–Crippen LogP) is 7.05. The first-order chi connectivity index (χ1) is 15.6. The van der Waals surface area contributed by atoms with Crippen LogP contribution in [0.25, 0.3) is 0 Å². The summed E-state index contributed by atoms with van der Waals surface area (Å²) < 4.78 is 10.2. The third kappa shape index (κ3) is 5.30. The number of carbonyl (C=O) groups excluding carboxylic acids is 2. The van der Waals surface area contributed by atoms with Gasteiger partial charge in [0.05, 0.1) is 20.6 Å². The number of fused-ring (bicyclic) bond motifs is 3. The average Bonchev–Trinajstić information content (AvgIpc) is 3.12. The van der Waals surface area contributed by atoms with Crippen LogP contribution in [0.5, 0.6) is 0 Å². The fraction of sp³-hybridized carbons (Fsp3) is 0.931. The zero-order valence-corrected chi connectivity index (χ0v) is 22.5. The van der Waals surface area contributed by atoms with Crippen molar-refractivity contribution in [2.75, 3.05) is 14.2 Å². The molecule has 8 atom stereocenters. The molecule has 0 bridgehead atoms. The van der Waals surface area contributed by atoms with E-state index in [-0.39, 0.29) is 23.3 Å². The molecule has 8 unspecified atom stereocenters. The van der Waals surface area contributed by atoms with E-state index in [0.29, 0.717) is 30.1 Å². The smallest absolute Gasteiger partial charge is 0.306 e. The van der Waals surface area contributed by atoms with Crippen molar-refractivity contribution in [2.24, 2.45) is 52.3 Å². The zero-order chi connectivity index (χ0) is 24.4. The summed E-state index contributed by atoms with van der Waals surface area (Å²) in [6.07, 6.45) is 12.3. The molecule has 190 valence electrons. The molecule has 0 spiro atoms. The van der Waals surface area contributed by atoms with E-state index in [2.05, 4.69) is 34.6 Å². The highest BCUT2D eigenvalue weighted by Crippen LogP contribution is 2.67. The number of hydrogen-bond donors (Lipinski definition) is 0. The number of rotatable bonds is 9. The Hall–Kier alpha value is -1.06. The van der Waals surface area contributed by atoms with Crippen molar-refractivity contribution >= 4 is 11.9 Å². The second-order valence-electron chi connectivity index (χ2n) is 12.7. The van der Waals surface area contributed by atoms with Crippen molar-refractivity contribution in [3.63, 3.8) is 0 Å². The van der Waals surface area contributed by atoms with Crippen LogP contribution in [0.1, 0.15) is 105 Å². The molecule has 3 fully saturated rings. The molecule has 0 amide bonds. The van der Waals surface area contributed by atoms with Gasteiger partial charge in [0, 0.05) is 6.42 Å². The minimum Gasteiger partial charge on any atom is -0.469 e. The van der Waals surface area contributed by atoms with Gasteiger partial charge in [0.2, 0.25) is 0 Å². The Kier molecular flexibility index (Phi) is 8.60. The van der Waals surface area contributed by atoms with Crippen LogP contribution in [0, 0.1) is 52.3 Å². The Morgan fingerprint density at radius 1 is 0.879 bits per heavy atom. The monoisotopic (exact) mass is 462 g/mol. The Labute approximate surface area is 202 Å². The quantitative estimate of drug-likeness (QED) is 0.344. The van der Waals surface area contributed by atoms with Gasteiger partial charge in [-0.3, -0.25) is 9.59 Å². The molecule has 0 aromatic heterocycles. The first-order valence-corrected chi connectivity index (χ1v) is 13.7. The molecule has 0 saturated heterocycles.